The van der Waals surface area contributed by atoms with Crippen molar-refractivity contribution >= 4 is 34.4 Å². The van der Waals surface area contributed by atoms with Crippen LogP contribution < -0.4 is 10.6 Å². The van der Waals surface area contributed by atoms with Crippen LogP contribution in [-0.4, -0.2) is 47.0 Å². The molecule has 2 N–H and O–H groups in total. The summed E-state index contributed by atoms with van der Waals surface area (Å²) in [5.41, 5.74) is 1.21. The van der Waals surface area contributed by atoms with Crippen LogP contribution in [0, 0.1) is 0 Å². The van der Waals surface area contributed by atoms with Crippen molar-refractivity contribution in [2.45, 2.75) is 19.6 Å². The van der Waals surface area contributed by atoms with Gasteiger partial charge in [0, 0.05) is 25.0 Å². The third-order valence-corrected chi connectivity index (χ3v) is 4.55. The number of hydrogen-bond donors (Lipinski definition) is 2. The lowest BCUT2D eigenvalue weighted by Crippen LogP contribution is -2.41. The smallest absolute Gasteiger partial charge is 0.358 e. The lowest BCUT2D eigenvalue weighted by molar-refractivity contribution is -0.136. The molecule has 0 spiro atoms. The molecule has 1 atom stereocenters. The number of nitrogens with zero attached hydrogens (tertiary/aromatic N) is 2. The second kappa shape index (κ2) is 7.96. The number of nitrogens with one attached hydrogen (secondary N) is 2. The van der Waals surface area contributed by atoms with E-state index in [0.717, 1.165) is 10.5 Å². The summed E-state index contributed by atoms with van der Waals surface area (Å²) in [4.78, 5) is 41.0. The van der Waals surface area contributed by atoms with Crippen molar-refractivity contribution in [1.82, 2.24) is 15.2 Å². The van der Waals surface area contributed by atoms with E-state index in [1.54, 1.807) is 5.38 Å². The third kappa shape index (κ3) is 4.17. The second-order valence-corrected chi connectivity index (χ2v) is 6.50. The average molecular weight is 374 g/mol. The van der Waals surface area contributed by atoms with Gasteiger partial charge in [-0.05, 0) is 12.5 Å². The molecule has 0 bridgehead atoms. The van der Waals surface area contributed by atoms with E-state index in [9.17, 15) is 14.4 Å². The molecule has 8 nitrogen and oxygen atoms in total. The standard InChI is InChI=1S/C17H18N4O4S/c1-11(14(22)21-8-7-18-17(21)24)25-15(23)13-10-26-16(20-13)19-9-12-5-3-2-4-6-12/h2-6,10-11H,7-9H2,1H3,(H,18,24)(H,19,20)/t11-/m0/s1. The summed E-state index contributed by atoms with van der Waals surface area (Å²) in [7, 11) is 0. The van der Waals surface area contributed by atoms with Gasteiger partial charge in [-0.3, -0.25) is 9.69 Å². The maximum atomic E-state index is 12.2. The van der Waals surface area contributed by atoms with Crippen molar-refractivity contribution < 1.29 is 19.1 Å². The lowest BCUT2D eigenvalue weighted by atomic mass is 10.2. The molecule has 0 saturated carbocycles. The number of carbonyl (C=O) groups is 3. The Hall–Kier alpha value is -2.94. The maximum Gasteiger partial charge on any atom is 0.358 e. The molecule has 26 heavy (non-hydrogen) atoms. The van der Waals surface area contributed by atoms with Crippen molar-refractivity contribution in [2.24, 2.45) is 0 Å². The van der Waals surface area contributed by atoms with E-state index in [1.165, 1.54) is 18.3 Å². The van der Waals surface area contributed by atoms with Gasteiger partial charge < -0.3 is 15.4 Å². The Balaban J connectivity index is 1.54. The van der Waals surface area contributed by atoms with Crippen LogP contribution in [0.15, 0.2) is 35.7 Å². The summed E-state index contributed by atoms with van der Waals surface area (Å²) in [5.74, 6) is -1.25. The van der Waals surface area contributed by atoms with Crippen LogP contribution in [0.5, 0.6) is 0 Å². The highest BCUT2D eigenvalue weighted by Crippen LogP contribution is 2.18. The number of thiazole rings is 1. The Labute approximate surface area is 154 Å². The van der Waals surface area contributed by atoms with Crippen LogP contribution >= 0.6 is 11.3 Å². The van der Waals surface area contributed by atoms with Crippen molar-refractivity contribution in [3.8, 4) is 0 Å². The largest absolute Gasteiger partial charge is 0.448 e. The number of amides is 3. The summed E-state index contributed by atoms with van der Waals surface area (Å²) in [5, 5.41) is 7.81. The van der Waals surface area contributed by atoms with Crippen LogP contribution in [0.1, 0.15) is 23.0 Å². The van der Waals surface area contributed by atoms with E-state index >= 15 is 0 Å². The fourth-order valence-electron chi connectivity index (χ4n) is 2.39. The molecule has 0 aliphatic carbocycles. The van der Waals surface area contributed by atoms with Gasteiger partial charge in [0.15, 0.2) is 16.9 Å². The number of ether oxygens (including phenoxy) is 1. The summed E-state index contributed by atoms with van der Waals surface area (Å²) in [6.07, 6.45) is -1.06. The van der Waals surface area contributed by atoms with E-state index in [1.807, 2.05) is 30.3 Å². The highest BCUT2D eigenvalue weighted by Gasteiger charge is 2.32. The van der Waals surface area contributed by atoms with Crippen molar-refractivity contribution in [3.05, 3.63) is 47.0 Å². The SMILES string of the molecule is C[C@H](OC(=O)c1csc(NCc2ccccc2)n1)C(=O)N1CCNC1=O. The molecule has 0 unspecified atom stereocenters. The number of urea groups is 1. The Morgan fingerprint density at radius 1 is 1.38 bits per heavy atom. The number of benzene rings is 1. The number of hydrogen-bond acceptors (Lipinski definition) is 7. The zero-order valence-electron chi connectivity index (χ0n) is 14.1. The lowest BCUT2D eigenvalue weighted by Gasteiger charge is -2.17. The molecule has 1 saturated heterocycles. The van der Waals surface area contributed by atoms with E-state index in [-0.39, 0.29) is 12.2 Å². The van der Waals surface area contributed by atoms with Crippen LogP contribution in [0.25, 0.3) is 0 Å². The topological polar surface area (TPSA) is 101 Å². The molecular formula is C17H18N4O4S. The Kier molecular flexibility index (Phi) is 5.47. The Morgan fingerprint density at radius 2 is 2.15 bits per heavy atom. The number of rotatable bonds is 6. The Bertz CT molecular complexity index is 808. The monoisotopic (exact) mass is 374 g/mol. The molecule has 3 amide bonds. The van der Waals surface area contributed by atoms with E-state index in [4.69, 9.17) is 4.74 Å². The van der Waals surface area contributed by atoms with Crippen LogP contribution in [0.3, 0.4) is 0 Å². The van der Waals surface area contributed by atoms with Gasteiger partial charge in [0.2, 0.25) is 0 Å². The minimum absolute atomic E-state index is 0.121. The van der Waals surface area contributed by atoms with Crippen LogP contribution in [0.4, 0.5) is 9.93 Å². The molecule has 0 radical (unpaired) electrons. The number of carbonyl (C=O) groups excluding carboxylic acids is 3. The van der Waals surface area contributed by atoms with Crippen LogP contribution in [-0.2, 0) is 16.1 Å². The first-order chi connectivity index (χ1) is 12.5. The zero-order chi connectivity index (χ0) is 18.5. The van der Waals surface area contributed by atoms with Gasteiger partial charge in [0.25, 0.3) is 5.91 Å². The van der Waals surface area contributed by atoms with Crippen molar-refractivity contribution in [1.29, 1.82) is 0 Å². The molecular weight excluding hydrogens is 356 g/mol. The quantitative estimate of drug-likeness (QED) is 0.749. The minimum Gasteiger partial charge on any atom is -0.448 e. The molecule has 2 aromatic rings. The first-order valence-corrected chi connectivity index (χ1v) is 8.96. The van der Waals surface area contributed by atoms with Gasteiger partial charge in [-0.2, -0.15) is 0 Å². The van der Waals surface area contributed by atoms with Gasteiger partial charge in [-0.1, -0.05) is 30.3 Å². The molecule has 136 valence electrons. The first kappa shape index (κ1) is 17.9. The summed E-state index contributed by atoms with van der Waals surface area (Å²) < 4.78 is 5.14. The summed E-state index contributed by atoms with van der Waals surface area (Å²) in [6, 6.07) is 9.32. The van der Waals surface area contributed by atoms with E-state index < -0.39 is 24.0 Å². The van der Waals surface area contributed by atoms with E-state index in [0.29, 0.717) is 18.2 Å². The average Bonchev–Trinajstić information content (AvgIpc) is 3.29. The number of aromatic nitrogens is 1. The molecule has 1 aliphatic rings. The van der Waals surface area contributed by atoms with Crippen LogP contribution in [0.2, 0.25) is 0 Å². The number of anilines is 1. The molecule has 1 aromatic heterocycles. The molecule has 1 fully saturated rings. The van der Waals surface area contributed by atoms with E-state index in [2.05, 4.69) is 15.6 Å². The number of esters is 1. The molecule has 9 heteroatoms. The summed E-state index contributed by atoms with van der Waals surface area (Å²) in [6.45, 7) is 2.69. The zero-order valence-corrected chi connectivity index (χ0v) is 14.9. The van der Waals surface area contributed by atoms with Gasteiger partial charge >= 0.3 is 12.0 Å². The third-order valence-electron chi connectivity index (χ3n) is 3.75. The highest BCUT2D eigenvalue weighted by atomic mass is 32.1. The Morgan fingerprint density at radius 3 is 2.85 bits per heavy atom. The maximum absolute atomic E-state index is 12.2. The highest BCUT2D eigenvalue weighted by molar-refractivity contribution is 7.13. The van der Waals surface area contributed by atoms with Crippen molar-refractivity contribution in [2.75, 3.05) is 18.4 Å². The predicted molar refractivity (Wildman–Crippen MR) is 95.9 cm³/mol. The minimum atomic E-state index is -1.06. The second-order valence-electron chi connectivity index (χ2n) is 5.65. The van der Waals surface area contributed by atoms with Gasteiger partial charge in [0.1, 0.15) is 0 Å². The molecule has 1 aromatic carbocycles. The van der Waals surface area contributed by atoms with Gasteiger partial charge in [0.05, 0.1) is 0 Å². The van der Waals surface area contributed by atoms with Gasteiger partial charge in [-0.25, -0.2) is 14.6 Å². The predicted octanol–water partition coefficient (Wildman–Crippen LogP) is 1.85. The fourth-order valence-corrected chi connectivity index (χ4v) is 3.07. The molecule has 2 heterocycles. The van der Waals surface area contributed by atoms with Gasteiger partial charge in [-0.15, -0.1) is 11.3 Å². The normalized spacial score (nSPS) is 14.7. The molecule has 1 aliphatic heterocycles. The summed E-state index contributed by atoms with van der Waals surface area (Å²) >= 11 is 1.28. The molecule has 3 rings (SSSR count). The first-order valence-electron chi connectivity index (χ1n) is 8.08. The fraction of sp³-hybridized carbons (Fsp3) is 0.294. The van der Waals surface area contributed by atoms with Crippen molar-refractivity contribution in [3.63, 3.8) is 0 Å². The number of imide groups is 1.